The standard InChI is InChI=1S/C32H20N4/c1-2-6-28-27(5-1)26(22-9-7-21(8-10-22)25-18-33-20-34-19-25)14-15-29(28)30-16-13-24-12-11-23-4-3-17-35-31(23)32(24)36-30/h1-20H. The van der Waals surface area contributed by atoms with Gasteiger partial charge in [-0.2, -0.15) is 0 Å². The third-order valence-corrected chi connectivity index (χ3v) is 6.72. The molecule has 0 saturated carbocycles. The quantitative estimate of drug-likeness (QED) is 0.253. The van der Waals surface area contributed by atoms with Crippen molar-refractivity contribution in [2.75, 3.05) is 0 Å². The summed E-state index contributed by atoms with van der Waals surface area (Å²) in [6, 6.07) is 34.0. The molecular formula is C32H20N4. The van der Waals surface area contributed by atoms with Crippen molar-refractivity contribution in [2.24, 2.45) is 0 Å². The summed E-state index contributed by atoms with van der Waals surface area (Å²) in [5.74, 6) is 0. The van der Waals surface area contributed by atoms with Crippen LogP contribution < -0.4 is 0 Å². The topological polar surface area (TPSA) is 51.6 Å². The number of nitrogens with zero attached hydrogens (tertiary/aromatic N) is 4. The van der Waals surface area contributed by atoms with E-state index in [4.69, 9.17) is 4.98 Å². The molecule has 36 heavy (non-hydrogen) atoms. The molecule has 0 saturated heterocycles. The van der Waals surface area contributed by atoms with Gasteiger partial charge in [0.05, 0.1) is 16.7 Å². The Bertz CT molecular complexity index is 1880. The molecule has 0 atom stereocenters. The lowest BCUT2D eigenvalue weighted by Gasteiger charge is -2.13. The van der Waals surface area contributed by atoms with Crippen molar-refractivity contribution in [2.45, 2.75) is 0 Å². The molecule has 3 aromatic heterocycles. The summed E-state index contributed by atoms with van der Waals surface area (Å²) in [7, 11) is 0. The minimum Gasteiger partial charge on any atom is -0.254 e. The first kappa shape index (κ1) is 20.4. The van der Waals surface area contributed by atoms with E-state index in [1.807, 2.05) is 24.7 Å². The first-order chi connectivity index (χ1) is 17.8. The molecule has 0 aliphatic heterocycles. The van der Waals surface area contributed by atoms with Crippen molar-refractivity contribution in [3.05, 3.63) is 122 Å². The highest BCUT2D eigenvalue weighted by Crippen LogP contribution is 2.36. The Kier molecular flexibility index (Phi) is 4.74. The molecule has 168 valence electrons. The van der Waals surface area contributed by atoms with Crippen LogP contribution in [0, 0.1) is 0 Å². The Morgan fingerprint density at radius 3 is 1.94 bits per heavy atom. The number of pyridine rings is 2. The van der Waals surface area contributed by atoms with Gasteiger partial charge >= 0.3 is 0 Å². The summed E-state index contributed by atoms with van der Waals surface area (Å²) in [5.41, 5.74) is 8.39. The lowest BCUT2D eigenvalue weighted by atomic mass is 9.93. The highest BCUT2D eigenvalue weighted by molar-refractivity contribution is 6.07. The molecule has 0 spiro atoms. The Hall–Kier alpha value is -4.96. The average molecular weight is 461 g/mol. The predicted octanol–water partition coefficient (Wildman–Crippen LogP) is 7.73. The maximum Gasteiger partial charge on any atom is 0.115 e. The van der Waals surface area contributed by atoms with Gasteiger partial charge in [-0.15, -0.1) is 0 Å². The van der Waals surface area contributed by atoms with E-state index in [0.717, 1.165) is 44.2 Å². The number of aromatic nitrogens is 4. The number of rotatable bonds is 3. The number of fused-ring (bicyclic) bond motifs is 4. The Morgan fingerprint density at radius 2 is 1.14 bits per heavy atom. The lowest BCUT2D eigenvalue weighted by Crippen LogP contribution is -1.91. The molecule has 3 heterocycles. The van der Waals surface area contributed by atoms with Crippen LogP contribution in [0.5, 0.6) is 0 Å². The summed E-state index contributed by atoms with van der Waals surface area (Å²) >= 11 is 0. The fourth-order valence-electron chi connectivity index (χ4n) is 4.94. The van der Waals surface area contributed by atoms with Crippen LogP contribution in [0.3, 0.4) is 0 Å². The van der Waals surface area contributed by atoms with Gasteiger partial charge in [0.2, 0.25) is 0 Å². The minimum atomic E-state index is 0.930. The maximum absolute atomic E-state index is 5.10. The van der Waals surface area contributed by atoms with Crippen LogP contribution in [0.4, 0.5) is 0 Å². The van der Waals surface area contributed by atoms with Gasteiger partial charge in [0.25, 0.3) is 0 Å². The zero-order chi connectivity index (χ0) is 23.9. The van der Waals surface area contributed by atoms with E-state index in [0.29, 0.717) is 0 Å². The minimum absolute atomic E-state index is 0.930. The van der Waals surface area contributed by atoms with Gasteiger partial charge in [-0.25, -0.2) is 15.0 Å². The van der Waals surface area contributed by atoms with Gasteiger partial charge < -0.3 is 0 Å². The molecule has 0 unspecified atom stereocenters. The molecule has 0 aliphatic rings. The van der Waals surface area contributed by atoms with Gasteiger partial charge in [-0.05, 0) is 39.6 Å². The second kappa shape index (κ2) is 8.36. The van der Waals surface area contributed by atoms with Crippen LogP contribution in [0.2, 0.25) is 0 Å². The average Bonchev–Trinajstić information content (AvgIpc) is 2.97. The van der Waals surface area contributed by atoms with Gasteiger partial charge in [0.15, 0.2) is 0 Å². The molecule has 7 aromatic rings. The fourth-order valence-corrected chi connectivity index (χ4v) is 4.94. The van der Waals surface area contributed by atoms with E-state index in [1.54, 1.807) is 6.33 Å². The van der Waals surface area contributed by atoms with Crippen LogP contribution in [-0.2, 0) is 0 Å². The maximum atomic E-state index is 5.10. The summed E-state index contributed by atoms with van der Waals surface area (Å²) in [5, 5.41) is 4.56. The molecule has 0 N–H and O–H groups in total. The Balaban J connectivity index is 1.37. The van der Waals surface area contributed by atoms with Gasteiger partial charge in [-0.3, -0.25) is 4.98 Å². The van der Waals surface area contributed by atoms with E-state index in [2.05, 4.69) is 106 Å². The number of benzene rings is 4. The summed E-state index contributed by atoms with van der Waals surface area (Å²) in [6.07, 6.45) is 7.05. The monoisotopic (exact) mass is 460 g/mol. The normalized spacial score (nSPS) is 11.3. The van der Waals surface area contributed by atoms with Crippen LogP contribution >= 0.6 is 0 Å². The zero-order valence-corrected chi connectivity index (χ0v) is 19.3. The highest BCUT2D eigenvalue weighted by Gasteiger charge is 2.12. The van der Waals surface area contributed by atoms with E-state index in [-0.39, 0.29) is 0 Å². The lowest BCUT2D eigenvalue weighted by molar-refractivity contribution is 1.17. The first-order valence-corrected chi connectivity index (χ1v) is 11.9. The first-order valence-electron chi connectivity index (χ1n) is 11.9. The predicted molar refractivity (Wildman–Crippen MR) is 146 cm³/mol. The Labute approximate surface area is 208 Å². The van der Waals surface area contributed by atoms with Crippen molar-refractivity contribution >= 4 is 32.6 Å². The van der Waals surface area contributed by atoms with Crippen LogP contribution in [0.25, 0.3) is 66.1 Å². The summed E-state index contributed by atoms with van der Waals surface area (Å²) < 4.78 is 0. The van der Waals surface area contributed by atoms with E-state index >= 15 is 0 Å². The van der Waals surface area contributed by atoms with E-state index < -0.39 is 0 Å². The van der Waals surface area contributed by atoms with Crippen molar-refractivity contribution in [3.63, 3.8) is 0 Å². The van der Waals surface area contributed by atoms with Gasteiger partial charge in [-0.1, -0.05) is 84.9 Å². The molecular weight excluding hydrogens is 440 g/mol. The molecule has 0 amide bonds. The Morgan fingerprint density at radius 1 is 0.472 bits per heavy atom. The van der Waals surface area contributed by atoms with Gasteiger partial charge in [0, 0.05) is 40.5 Å². The molecule has 7 rings (SSSR count). The van der Waals surface area contributed by atoms with Crippen LogP contribution in [-0.4, -0.2) is 19.9 Å². The third-order valence-electron chi connectivity index (χ3n) is 6.72. The van der Waals surface area contributed by atoms with E-state index in [9.17, 15) is 0 Å². The molecule has 4 aromatic carbocycles. The van der Waals surface area contributed by atoms with Crippen molar-refractivity contribution in [3.8, 4) is 33.5 Å². The molecule has 0 bridgehead atoms. The van der Waals surface area contributed by atoms with E-state index in [1.165, 1.54) is 21.9 Å². The van der Waals surface area contributed by atoms with Gasteiger partial charge in [0.1, 0.15) is 6.33 Å². The molecule has 0 aliphatic carbocycles. The van der Waals surface area contributed by atoms with Crippen molar-refractivity contribution in [1.29, 1.82) is 0 Å². The third kappa shape index (κ3) is 3.39. The number of hydrogen-bond acceptors (Lipinski definition) is 4. The molecule has 0 radical (unpaired) electrons. The van der Waals surface area contributed by atoms with Crippen molar-refractivity contribution < 1.29 is 0 Å². The van der Waals surface area contributed by atoms with Crippen LogP contribution in [0.1, 0.15) is 0 Å². The van der Waals surface area contributed by atoms with Crippen LogP contribution in [0.15, 0.2) is 122 Å². The fraction of sp³-hybridized carbons (Fsp3) is 0. The second-order valence-corrected chi connectivity index (χ2v) is 8.82. The second-order valence-electron chi connectivity index (χ2n) is 8.82. The largest absolute Gasteiger partial charge is 0.254 e. The van der Waals surface area contributed by atoms with Crippen molar-refractivity contribution in [1.82, 2.24) is 19.9 Å². The SMILES string of the molecule is c1cnc2c(c1)ccc1ccc(-c3ccc(-c4ccc(-c5cncnc5)cc4)c4ccccc34)nc12. The summed E-state index contributed by atoms with van der Waals surface area (Å²) in [6.45, 7) is 0. The number of hydrogen-bond donors (Lipinski definition) is 0. The zero-order valence-electron chi connectivity index (χ0n) is 19.3. The summed E-state index contributed by atoms with van der Waals surface area (Å²) in [4.78, 5) is 18.0. The highest BCUT2D eigenvalue weighted by atomic mass is 14.8. The molecule has 4 nitrogen and oxygen atoms in total. The molecule has 4 heteroatoms. The molecule has 0 fully saturated rings. The smallest absolute Gasteiger partial charge is 0.115 e.